The first-order chi connectivity index (χ1) is 6.43. The van der Waals surface area contributed by atoms with Crippen molar-refractivity contribution >= 4 is 5.78 Å². The molecule has 0 saturated carbocycles. The third kappa shape index (κ3) is 4.84. The molecule has 0 atom stereocenters. The van der Waals surface area contributed by atoms with Gasteiger partial charge in [0.2, 0.25) is 0 Å². The van der Waals surface area contributed by atoms with E-state index < -0.39 is 0 Å². The Morgan fingerprint density at radius 2 is 2.14 bits per heavy atom. The molecule has 1 N–H and O–H groups in total. The van der Waals surface area contributed by atoms with Crippen molar-refractivity contribution in [2.75, 3.05) is 6.54 Å². The molecular weight excluding hydrogens is 174 g/mol. The van der Waals surface area contributed by atoms with Crippen LogP contribution in [-0.2, 0) is 4.79 Å². The van der Waals surface area contributed by atoms with Gasteiger partial charge in [-0.25, -0.2) is 0 Å². The molecule has 0 saturated heterocycles. The number of terminal acetylenes is 1. The normalized spacial score (nSPS) is 12.4. The largest absolute Gasteiger partial charge is 0.301 e. The minimum absolute atomic E-state index is 0.174. The molecule has 0 amide bonds. The van der Waals surface area contributed by atoms with E-state index in [4.69, 9.17) is 6.42 Å². The predicted molar refractivity (Wildman–Crippen MR) is 60.0 cm³/mol. The lowest BCUT2D eigenvalue weighted by molar-refractivity contribution is -0.115. The molecule has 78 valence electrons. The average molecular weight is 193 g/mol. The maximum absolute atomic E-state index is 11.4. The Hall–Kier alpha value is -1.07. The fourth-order valence-electron chi connectivity index (χ4n) is 0.898. The van der Waals surface area contributed by atoms with Crippen LogP contribution in [0.15, 0.2) is 11.6 Å². The summed E-state index contributed by atoms with van der Waals surface area (Å²) < 4.78 is 0. The van der Waals surface area contributed by atoms with E-state index in [1.165, 1.54) is 0 Å². The first-order valence-corrected chi connectivity index (χ1v) is 4.82. The van der Waals surface area contributed by atoms with Gasteiger partial charge in [-0.1, -0.05) is 12.0 Å². The summed E-state index contributed by atoms with van der Waals surface area (Å²) in [6, 6.07) is 0. The van der Waals surface area contributed by atoms with Crippen molar-refractivity contribution in [1.82, 2.24) is 5.32 Å². The van der Waals surface area contributed by atoms with Crippen molar-refractivity contribution in [3.05, 3.63) is 11.6 Å². The summed E-state index contributed by atoms with van der Waals surface area (Å²) in [6.45, 7) is 8.15. The van der Waals surface area contributed by atoms with Gasteiger partial charge >= 0.3 is 0 Å². The number of hydrogen-bond acceptors (Lipinski definition) is 2. The Morgan fingerprint density at radius 1 is 1.57 bits per heavy atom. The lowest BCUT2D eigenvalue weighted by Crippen LogP contribution is -2.38. The molecule has 0 aromatic rings. The van der Waals surface area contributed by atoms with Gasteiger partial charge in [0.25, 0.3) is 0 Å². The Balaban J connectivity index is 3.89. The van der Waals surface area contributed by atoms with Crippen LogP contribution >= 0.6 is 0 Å². The van der Waals surface area contributed by atoms with Crippen LogP contribution in [-0.4, -0.2) is 17.9 Å². The molecule has 14 heavy (non-hydrogen) atoms. The summed E-state index contributed by atoms with van der Waals surface area (Å²) in [6.07, 6.45) is 7.63. The molecule has 2 heteroatoms. The minimum atomic E-state index is -0.329. The molecule has 0 aromatic carbocycles. The lowest BCUT2D eigenvalue weighted by Gasteiger charge is -2.19. The van der Waals surface area contributed by atoms with E-state index in [0.717, 1.165) is 5.57 Å². The van der Waals surface area contributed by atoms with Crippen LogP contribution in [0.3, 0.4) is 0 Å². The molecule has 0 rings (SSSR count). The summed E-state index contributed by atoms with van der Waals surface area (Å²) in [5, 5.41) is 3.13. The fraction of sp³-hybridized carbons (Fsp3) is 0.583. The number of Topliss-reactive ketones (excluding diaryl/α,β-unsaturated/α-hetero) is 1. The van der Waals surface area contributed by atoms with E-state index in [2.05, 4.69) is 11.2 Å². The summed E-state index contributed by atoms with van der Waals surface area (Å²) in [5.74, 6) is 2.80. The third-order valence-corrected chi connectivity index (χ3v) is 2.15. The Kier molecular flexibility index (Phi) is 5.19. The van der Waals surface area contributed by atoms with Crippen LogP contribution < -0.4 is 5.32 Å². The number of carbonyl (C=O) groups is 1. The van der Waals surface area contributed by atoms with E-state index in [0.29, 0.717) is 13.0 Å². The van der Waals surface area contributed by atoms with Gasteiger partial charge in [-0.3, -0.25) is 4.79 Å². The zero-order chi connectivity index (χ0) is 11.2. The molecule has 0 aromatic heterocycles. The van der Waals surface area contributed by atoms with Gasteiger partial charge in [0.15, 0.2) is 5.78 Å². The Morgan fingerprint density at radius 3 is 2.57 bits per heavy atom. The number of carbonyl (C=O) groups excluding carboxylic acids is 1. The number of ketones is 1. The van der Waals surface area contributed by atoms with Gasteiger partial charge in [0, 0.05) is 13.0 Å². The SMILES string of the molecule is C#CC(C)(C)NCCC(=O)C(C)=CC. The highest BCUT2D eigenvalue weighted by Crippen LogP contribution is 2.01. The summed E-state index contributed by atoms with van der Waals surface area (Å²) in [4.78, 5) is 11.4. The van der Waals surface area contributed by atoms with Crippen LogP contribution in [0.1, 0.15) is 34.1 Å². The van der Waals surface area contributed by atoms with Crippen LogP contribution in [0.4, 0.5) is 0 Å². The van der Waals surface area contributed by atoms with Crippen LogP contribution in [0.25, 0.3) is 0 Å². The highest BCUT2D eigenvalue weighted by atomic mass is 16.1. The Labute approximate surface area is 86.8 Å². The maximum atomic E-state index is 11.4. The molecule has 0 heterocycles. The number of rotatable bonds is 5. The number of allylic oxidation sites excluding steroid dienone is 2. The molecular formula is C12H19NO. The molecule has 0 unspecified atom stereocenters. The third-order valence-electron chi connectivity index (χ3n) is 2.15. The number of nitrogens with one attached hydrogen (secondary N) is 1. The zero-order valence-corrected chi connectivity index (χ0v) is 9.48. The van der Waals surface area contributed by atoms with E-state index in [1.807, 2.05) is 33.8 Å². The van der Waals surface area contributed by atoms with Gasteiger partial charge in [-0.05, 0) is 33.3 Å². The molecule has 0 bridgehead atoms. The van der Waals surface area contributed by atoms with Gasteiger partial charge < -0.3 is 5.32 Å². The summed E-state index contributed by atoms with van der Waals surface area (Å²) in [7, 11) is 0. The molecule has 0 aliphatic rings. The van der Waals surface area contributed by atoms with Crippen LogP contribution in [0.2, 0.25) is 0 Å². The molecule has 2 nitrogen and oxygen atoms in total. The van der Waals surface area contributed by atoms with E-state index in [9.17, 15) is 4.79 Å². The van der Waals surface area contributed by atoms with Crippen molar-refractivity contribution < 1.29 is 4.79 Å². The molecule has 0 aliphatic heterocycles. The van der Waals surface area contributed by atoms with Gasteiger partial charge in [0.05, 0.1) is 5.54 Å². The van der Waals surface area contributed by atoms with Crippen LogP contribution in [0, 0.1) is 12.3 Å². The second kappa shape index (κ2) is 5.62. The topological polar surface area (TPSA) is 29.1 Å². The summed E-state index contributed by atoms with van der Waals surface area (Å²) >= 11 is 0. The van der Waals surface area contributed by atoms with Crippen molar-refractivity contribution in [3.63, 3.8) is 0 Å². The second-order valence-electron chi connectivity index (χ2n) is 3.84. The molecule has 0 fully saturated rings. The predicted octanol–water partition coefficient (Wildman–Crippen LogP) is 1.91. The smallest absolute Gasteiger partial charge is 0.159 e. The first kappa shape index (κ1) is 12.9. The molecule has 0 aliphatic carbocycles. The van der Waals surface area contributed by atoms with Crippen molar-refractivity contribution in [2.24, 2.45) is 0 Å². The lowest BCUT2D eigenvalue weighted by atomic mass is 10.1. The van der Waals surface area contributed by atoms with Crippen molar-refractivity contribution in [2.45, 2.75) is 39.7 Å². The first-order valence-electron chi connectivity index (χ1n) is 4.82. The zero-order valence-electron chi connectivity index (χ0n) is 9.48. The van der Waals surface area contributed by atoms with Crippen molar-refractivity contribution in [1.29, 1.82) is 0 Å². The van der Waals surface area contributed by atoms with Crippen molar-refractivity contribution in [3.8, 4) is 12.3 Å². The highest BCUT2D eigenvalue weighted by molar-refractivity contribution is 5.94. The van der Waals surface area contributed by atoms with E-state index in [-0.39, 0.29) is 11.3 Å². The van der Waals surface area contributed by atoms with Crippen LogP contribution in [0.5, 0.6) is 0 Å². The highest BCUT2D eigenvalue weighted by Gasteiger charge is 2.12. The standard InChI is InChI=1S/C12H19NO/c1-6-10(3)11(14)8-9-13-12(4,5)7-2/h2,6,13H,8-9H2,1,3-5H3. The average Bonchev–Trinajstić information content (AvgIpc) is 2.16. The second-order valence-corrected chi connectivity index (χ2v) is 3.84. The minimum Gasteiger partial charge on any atom is -0.301 e. The quantitative estimate of drug-likeness (QED) is 0.534. The monoisotopic (exact) mass is 193 g/mol. The maximum Gasteiger partial charge on any atom is 0.159 e. The van der Waals surface area contributed by atoms with Gasteiger partial charge in [-0.15, -0.1) is 6.42 Å². The van der Waals surface area contributed by atoms with E-state index in [1.54, 1.807) is 0 Å². The number of hydrogen-bond donors (Lipinski definition) is 1. The van der Waals surface area contributed by atoms with Gasteiger partial charge in [-0.2, -0.15) is 0 Å². The fourth-order valence-corrected chi connectivity index (χ4v) is 0.898. The Bertz CT molecular complexity index is 269. The summed E-state index contributed by atoms with van der Waals surface area (Å²) in [5.41, 5.74) is 0.481. The van der Waals surface area contributed by atoms with Gasteiger partial charge in [0.1, 0.15) is 0 Å². The van der Waals surface area contributed by atoms with E-state index >= 15 is 0 Å². The molecule has 0 spiro atoms. The molecule has 0 radical (unpaired) electrons.